The molecule has 78 valence electrons. The molecule has 1 aliphatic rings. The molecule has 0 aromatic heterocycles. The van der Waals surface area contributed by atoms with Gasteiger partial charge in [-0.15, -0.1) is 0 Å². The summed E-state index contributed by atoms with van der Waals surface area (Å²) >= 11 is 0. The summed E-state index contributed by atoms with van der Waals surface area (Å²) in [5.41, 5.74) is 0.399. The van der Waals surface area contributed by atoms with Crippen molar-refractivity contribution in [2.75, 3.05) is 26.4 Å². The zero-order valence-corrected chi connectivity index (χ0v) is 10.2. The minimum Gasteiger partial charge on any atom is -0.323 e. The van der Waals surface area contributed by atoms with E-state index < -0.39 is 7.14 Å². The smallest absolute Gasteiger partial charge is 0.0902 e. The lowest BCUT2D eigenvalue weighted by atomic mass is 10.1. The van der Waals surface area contributed by atoms with E-state index in [2.05, 4.69) is 32.8 Å². The molecule has 0 radical (unpaired) electrons. The first kappa shape index (κ1) is 11.3. The second kappa shape index (κ2) is 4.14. The lowest BCUT2D eigenvalue weighted by Crippen LogP contribution is -2.33. The topological polar surface area (TPSA) is 20.3 Å². The average molecular weight is 203 g/mol. The fourth-order valence-corrected chi connectivity index (χ4v) is 4.75. The molecule has 1 fully saturated rings. The summed E-state index contributed by atoms with van der Waals surface area (Å²) in [6.45, 7) is 4.22. The molecule has 1 aliphatic heterocycles. The van der Waals surface area contributed by atoms with E-state index in [0.29, 0.717) is 11.7 Å². The van der Waals surface area contributed by atoms with Crippen molar-refractivity contribution >= 4 is 7.14 Å². The Hall–Kier alpha value is 0.190. The molecule has 2 nitrogen and oxygen atoms in total. The summed E-state index contributed by atoms with van der Waals surface area (Å²) in [6.07, 6.45) is 4.19. The van der Waals surface area contributed by atoms with Crippen LogP contribution in [0.4, 0.5) is 0 Å². The first-order valence-corrected chi connectivity index (χ1v) is 7.34. The third kappa shape index (κ3) is 2.57. The van der Waals surface area contributed by atoms with Crippen LogP contribution in [0.3, 0.4) is 0 Å². The Morgan fingerprint density at radius 3 is 2.00 bits per heavy atom. The zero-order valence-electron chi connectivity index (χ0n) is 9.29. The van der Waals surface area contributed by atoms with Gasteiger partial charge >= 0.3 is 0 Å². The van der Waals surface area contributed by atoms with Crippen molar-refractivity contribution in [2.45, 2.75) is 38.4 Å². The van der Waals surface area contributed by atoms with Gasteiger partial charge in [0.2, 0.25) is 0 Å². The Kier molecular flexibility index (Phi) is 3.59. The van der Waals surface area contributed by atoms with Crippen LogP contribution >= 0.6 is 7.14 Å². The van der Waals surface area contributed by atoms with E-state index in [4.69, 9.17) is 0 Å². The predicted octanol–water partition coefficient (Wildman–Crippen LogP) is 2.48. The summed E-state index contributed by atoms with van der Waals surface area (Å²) in [7, 11) is 2.45. The summed E-state index contributed by atoms with van der Waals surface area (Å²) in [6, 6.07) is 0.667. The molecule has 0 atom stereocenters. The van der Waals surface area contributed by atoms with Crippen LogP contribution in [-0.2, 0) is 4.57 Å². The highest BCUT2D eigenvalue weighted by Crippen LogP contribution is 2.54. The lowest BCUT2D eigenvalue weighted by Gasteiger charge is -2.34. The third-order valence-corrected chi connectivity index (χ3v) is 7.27. The molecule has 0 aliphatic carbocycles. The highest BCUT2D eigenvalue weighted by atomic mass is 31.2. The molecular formula is C10H22NOP. The minimum absolute atomic E-state index is 0.399. The van der Waals surface area contributed by atoms with E-state index in [1.165, 1.54) is 0 Å². The normalized spacial score (nSPS) is 35.7. The quantitative estimate of drug-likeness (QED) is 0.643. The van der Waals surface area contributed by atoms with Crippen LogP contribution < -0.4 is 0 Å². The predicted molar refractivity (Wildman–Crippen MR) is 59.2 cm³/mol. The van der Waals surface area contributed by atoms with Crippen molar-refractivity contribution in [3.8, 4) is 0 Å². The van der Waals surface area contributed by atoms with Gasteiger partial charge in [0.05, 0.1) is 7.14 Å². The fourth-order valence-electron chi connectivity index (χ4n) is 2.02. The first-order valence-electron chi connectivity index (χ1n) is 5.20. The van der Waals surface area contributed by atoms with E-state index in [-0.39, 0.29) is 0 Å². The zero-order chi connectivity index (χ0) is 10.1. The highest BCUT2D eigenvalue weighted by Gasteiger charge is 2.32. The molecule has 1 saturated heterocycles. The second-order valence-electron chi connectivity index (χ2n) is 4.69. The molecule has 0 aromatic carbocycles. The summed E-state index contributed by atoms with van der Waals surface area (Å²) < 4.78 is 12.3. The van der Waals surface area contributed by atoms with Crippen molar-refractivity contribution in [1.82, 2.24) is 4.90 Å². The first-order chi connectivity index (χ1) is 5.96. The summed E-state index contributed by atoms with van der Waals surface area (Å²) in [5.74, 6) is 0. The molecule has 0 aromatic rings. The van der Waals surface area contributed by atoms with Gasteiger partial charge in [-0.1, -0.05) is 13.8 Å². The van der Waals surface area contributed by atoms with Gasteiger partial charge in [-0.3, -0.25) is 0 Å². The number of nitrogens with zero attached hydrogens (tertiary/aromatic N) is 1. The lowest BCUT2D eigenvalue weighted by molar-refractivity contribution is 0.273. The summed E-state index contributed by atoms with van der Waals surface area (Å²) in [4.78, 5) is 2.27. The van der Waals surface area contributed by atoms with Crippen molar-refractivity contribution in [3.63, 3.8) is 0 Å². The number of hydrogen-bond donors (Lipinski definition) is 0. The van der Waals surface area contributed by atoms with Crippen molar-refractivity contribution in [1.29, 1.82) is 0 Å². The van der Waals surface area contributed by atoms with E-state index in [0.717, 1.165) is 25.2 Å². The largest absolute Gasteiger partial charge is 0.323 e. The molecule has 13 heavy (non-hydrogen) atoms. The van der Waals surface area contributed by atoms with Gasteiger partial charge < -0.3 is 9.46 Å². The molecular weight excluding hydrogens is 181 g/mol. The Morgan fingerprint density at radius 1 is 1.23 bits per heavy atom. The fraction of sp³-hybridized carbons (Fsp3) is 1.00. The van der Waals surface area contributed by atoms with Crippen LogP contribution in [0.25, 0.3) is 0 Å². The van der Waals surface area contributed by atoms with Crippen LogP contribution in [0, 0.1) is 0 Å². The highest BCUT2D eigenvalue weighted by molar-refractivity contribution is 7.64. The van der Waals surface area contributed by atoms with E-state index in [1.54, 1.807) is 0 Å². The maximum atomic E-state index is 12.3. The average Bonchev–Trinajstić information content (AvgIpc) is 2.04. The number of rotatable bonds is 2. The molecule has 0 N–H and O–H groups in total. The van der Waals surface area contributed by atoms with Gasteiger partial charge in [0, 0.05) is 24.0 Å². The molecule has 0 unspecified atom stereocenters. The van der Waals surface area contributed by atoms with Crippen LogP contribution in [0.2, 0.25) is 0 Å². The molecule has 1 rings (SSSR count). The molecule has 0 bridgehead atoms. The van der Waals surface area contributed by atoms with Gasteiger partial charge in [-0.25, -0.2) is 0 Å². The van der Waals surface area contributed by atoms with Crippen LogP contribution in [0.5, 0.6) is 0 Å². The molecule has 0 amide bonds. The molecule has 1 heterocycles. The monoisotopic (exact) mass is 203 g/mol. The van der Waals surface area contributed by atoms with Gasteiger partial charge in [-0.2, -0.15) is 0 Å². The van der Waals surface area contributed by atoms with Gasteiger partial charge in [0.25, 0.3) is 0 Å². The van der Waals surface area contributed by atoms with Gasteiger partial charge in [0.1, 0.15) is 0 Å². The van der Waals surface area contributed by atoms with Gasteiger partial charge in [0.15, 0.2) is 0 Å². The number of hydrogen-bond acceptors (Lipinski definition) is 2. The van der Waals surface area contributed by atoms with Crippen LogP contribution in [0.1, 0.15) is 26.7 Å². The van der Waals surface area contributed by atoms with Crippen LogP contribution in [-0.4, -0.2) is 43.0 Å². The maximum Gasteiger partial charge on any atom is 0.0902 e. The van der Waals surface area contributed by atoms with E-state index in [9.17, 15) is 4.57 Å². The van der Waals surface area contributed by atoms with Gasteiger partial charge in [-0.05, 0) is 26.9 Å². The SMILES string of the molecule is CC(C)P1(=O)CCC(N(C)C)CC1. The molecule has 0 spiro atoms. The minimum atomic E-state index is -1.79. The Labute approximate surface area is 82.1 Å². The molecule has 3 heteroatoms. The van der Waals surface area contributed by atoms with Crippen LogP contribution in [0.15, 0.2) is 0 Å². The maximum absolute atomic E-state index is 12.3. The Bertz CT molecular complexity index is 201. The standard InChI is InChI=1S/C10H22NOP/c1-9(2)13(12)7-5-10(6-8-13)11(3)4/h9-10H,5-8H2,1-4H3. The van der Waals surface area contributed by atoms with Crippen molar-refractivity contribution in [3.05, 3.63) is 0 Å². The second-order valence-corrected chi connectivity index (χ2v) is 8.52. The van der Waals surface area contributed by atoms with E-state index >= 15 is 0 Å². The third-order valence-electron chi connectivity index (χ3n) is 3.35. The van der Waals surface area contributed by atoms with Crippen molar-refractivity contribution < 1.29 is 4.57 Å². The Morgan fingerprint density at radius 2 is 1.69 bits per heavy atom. The summed E-state index contributed by atoms with van der Waals surface area (Å²) in [5, 5.41) is 0. The van der Waals surface area contributed by atoms with Crippen molar-refractivity contribution in [2.24, 2.45) is 0 Å². The Balaban J connectivity index is 2.52. The molecule has 0 saturated carbocycles. The van der Waals surface area contributed by atoms with E-state index in [1.807, 2.05) is 0 Å².